The molecule has 13 heteroatoms. The predicted molar refractivity (Wildman–Crippen MR) is 104 cm³/mol. The van der Waals surface area contributed by atoms with Crippen LogP contribution in [0.2, 0.25) is 0 Å². The summed E-state index contributed by atoms with van der Waals surface area (Å²) in [5.74, 6) is -1.79. The quantitative estimate of drug-likeness (QED) is 0.203. The smallest absolute Gasteiger partial charge is 0.378 e. The Balaban J connectivity index is 2.09. The van der Waals surface area contributed by atoms with E-state index in [9.17, 15) is 28.0 Å². The summed E-state index contributed by atoms with van der Waals surface area (Å²) in [5, 5.41) is 9.75. The second-order valence-electron chi connectivity index (χ2n) is 7.06. The van der Waals surface area contributed by atoms with Crippen molar-refractivity contribution < 1.29 is 32.7 Å². The lowest BCUT2D eigenvalue weighted by Crippen LogP contribution is -2.41. The molecule has 2 amide bonds. The molecule has 1 saturated heterocycles. The van der Waals surface area contributed by atoms with Crippen LogP contribution in [-0.2, 0) is 20.5 Å². The number of nitrogens with zero attached hydrogens (tertiary/aromatic N) is 4. The molecule has 1 aliphatic rings. The molecule has 1 aromatic rings. The van der Waals surface area contributed by atoms with Gasteiger partial charge in [0.05, 0.1) is 37.6 Å². The van der Waals surface area contributed by atoms with Crippen LogP contribution in [0.5, 0.6) is 0 Å². The maximum atomic E-state index is 13.5. The number of aromatic nitrogens is 2. The Morgan fingerprint density at radius 2 is 2.10 bits per heavy atom. The SMILES string of the molecule is CCCCCC(CN(O)C=O)C(=O)NNc1ncc(N2CCOCC2)c(C(F)(F)F)n1. The Morgan fingerprint density at radius 3 is 2.71 bits per heavy atom. The van der Waals surface area contributed by atoms with Crippen molar-refractivity contribution in [1.82, 2.24) is 20.5 Å². The highest BCUT2D eigenvalue weighted by Crippen LogP contribution is 2.35. The van der Waals surface area contributed by atoms with Crippen LogP contribution in [0.25, 0.3) is 0 Å². The summed E-state index contributed by atoms with van der Waals surface area (Å²) in [6.07, 6.45) is -0.660. The highest BCUT2D eigenvalue weighted by molar-refractivity contribution is 5.80. The van der Waals surface area contributed by atoms with E-state index < -0.39 is 29.6 Å². The lowest BCUT2D eigenvalue weighted by atomic mass is 10.0. The number of hydrazine groups is 1. The molecule has 31 heavy (non-hydrogen) atoms. The van der Waals surface area contributed by atoms with Gasteiger partial charge in [0.15, 0.2) is 5.69 Å². The summed E-state index contributed by atoms with van der Waals surface area (Å²) < 4.78 is 45.8. The van der Waals surface area contributed by atoms with Crippen LogP contribution in [0.3, 0.4) is 0 Å². The number of alkyl halides is 3. The molecular weight excluding hydrogens is 421 g/mol. The van der Waals surface area contributed by atoms with Crippen LogP contribution < -0.4 is 15.8 Å². The Morgan fingerprint density at radius 1 is 1.39 bits per heavy atom. The van der Waals surface area contributed by atoms with Gasteiger partial charge in [-0.2, -0.15) is 13.2 Å². The van der Waals surface area contributed by atoms with Gasteiger partial charge in [-0.3, -0.25) is 25.6 Å². The number of ether oxygens (including phenoxy) is 1. The molecule has 1 unspecified atom stereocenters. The number of carbonyl (C=O) groups excluding carboxylic acids is 2. The van der Waals surface area contributed by atoms with E-state index in [4.69, 9.17) is 4.74 Å². The summed E-state index contributed by atoms with van der Waals surface area (Å²) in [5.41, 5.74) is 3.28. The second-order valence-corrected chi connectivity index (χ2v) is 7.06. The van der Waals surface area contributed by atoms with Crippen LogP contribution >= 0.6 is 0 Å². The van der Waals surface area contributed by atoms with Gasteiger partial charge in [0.2, 0.25) is 18.3 Å². The number of hydroxylamine groups is 2. The Hall–Kier alpha value is -2.67. The molecule has 2 heterocycles. The first-order chi connectivity index (χ1) is 14.8. The summed E-state index contributed by atoms with van der Waals surface area (Å²) >= 11 is 0. The normalized spacial score (nSPS) is 15.3. The zero-order chi connectivity index (χ0) is 22.9. The molecule has 3 N–H and O–H groups in total. The summed E-state index contributed by atoms with van der Waals surface area (Å²) in [6, 6.07) is 0. The molecule has 0 aliphatic carbocycles. The standard InChI is InChI=1S/C18H27F3N6O4/c1-2-3-4-5-13(11-27(30)12-28)16(29)24-25-17-22-10-14(15(23-17)18(19,20)21)26-6-8-31-9-7-26/h10,12-13,30H,2-9,11H2,1H3,(H,24,29)(H,22,23,25). The van der Waals surface area contributed by atoms with Gasteiger partial charge in [-0.25, -0.2) is 15.0 Å². The van der Waals surface area contributed by atoms with Gasteiger partial charge >= 0.3 is 6.18 Å². The maximum Gasteiger partial charge on any atom is 0.435 e. The number of unbranched alkanes of at least 4 members (excludes halogenated alkanes) is 2. The van der Waals surface area contributed by atoms with Crippen LogP contribution in [0.15, 0.2) is 6.20 Å². The van der Waals surface area contributed by atoms with Gasteiger partial charge in [-0.1, -0.05) is 26.2 Å². The van der Waals surface area contributed by atoms with Crippen molar-refractivity contribution in [2.45, 2.75) is 38.8 Å². The van der Waals surface area contributed by atoms with Crippen molar-refractivity contribution in [3.05, 3.63) is 11.9 Å². The number of rotatable bonds is 11. The number of anilines is 2. The highest BCUT2D eigenvalue weighted by atomic mass is 19.4. The van der Waals surface area contributed by atoms with E-state index in [-0.39, 0.29) is 31.7 Å². The topological polar surface area (TPSA) is 120 Å². The zero-order valence-corrected chi connectivity index (χ0v) is 17.2. The van der Waals surface area contributed by atoms with Crippen molar-refractivity contribution in [3.63, 3.8) is 0 Å². The van der Waals surface area contributed by atoms with Gasteiger partial charge in [0.1, 0.15) is 0 Å². The third-order valence-corrected chi connectivity index (χ3v) is 4.74. The first-order valence-electron chi connectivity index (χ1n) is 9.99. The van der Waals surface area contributed by atoms with Gasteiger partial charge < -0.3 is 9.64 Å². The predicted octanol–water partition coefficient (Wildman–Crippen LogP) is 1.82. The molecule has 0 bridgehead atoms. The summed E-state index contributed by atoms with van der Waals surface area (Å²) in [7, 11) is 0. The molecule has 1 fully saturated rings. The van der Waals surface area contributed by atoms with Crippen molar-refractivity contribution >= 4 is 24.0 Å². The molecule has 0 radical (unpaired) electrons. The largest absolute Gasteiger partial charge is 0.435 e. The van der Waals surface area contributed by atoms with Gasteiger partial charge in [0, 0.05) is 13.1 Å². The number of hydrogen-bond donors (Lipinski definition) is 3. The molecule has 1 aromatic heterocycles. The molecule has 0 aromatic carbocycles. The van der Waals surface area contributed by atoms with E-state index in [1.807, 2.05) is 6.92 Å². The number of morpholine rings is 1. The lowest BCUT2D eigenvalue weighted by Gasteiger charge is -2.30. The van der Waals surface area contributed by atoms with Crippen LogP contribution in [0.4, 0.5) is 24.8 Å². The molecule has 10 nitrogen and oxygen atoms in total. The maximum absolute atomic E-state index is 13.5. The van der Waals surface area contributed by atoms with Crippen molar-refractivity contribution in [3.8, 4) is 0 Å². The first-order valence-corrected chi connectivity index (χ1v) is 9.99. The van der Waals surface area contributed by atoms with Crippen molar-refractivity contribution in [1.29, 1.82) is 0 Å². The molecular formula is C18H27F3N6O4. The minimum Gasteiger partial charge on any atom is -0.378 e. The fraction of sp³-hybridized carbons (Fsp3) is 0.667. The molecule has 1 aliphatic heterocycles. The number of hydrogen-bond acceptors (Lipinski definition) is 8. The number of nitrogens with one attached hydrogen (secondary N) is 2. The molecule has 174 valence electrons. The highest BCUT2D eigenvalue weighted by Gasteiger charge is 2.38. The lowest BCUT2D eigenvalue weighted by molar-refractivity contribution is -0.154. The van der Waals surface area contributed by atoms with E-state index in [2.05, 4.69) is 20.8 Å². The Labute approximate surface area is 177 Å². The monoisotopic (exact) mass is 448 g/mol. The number of carbonyl (C=O) groups is 2. The summed E-state index contributed by atoms with van der Waals surface area (Å²) in [6.45, 7) is 2.90. The third-order valence-electron chi connectivity index (χ3n) is 4.74. The first kappa shape index (κ1) is 24.6. The fourth-order valence-corrected chi connectivity index (χ4v) is 3.11. The van der Waals surface area contributed by atoms with E-state index in [0.29, 0.717) is 31.1 Å². The van der Waals surface area contributed by atoms with Crippen LogP contribution in [-0.4, -0.2) is 65.4 Å². The van der Waals surface area contributed by atoms with Gasteiger partial charge in [0.25, 0.3) is 0 Å². The van der Waals surface area contributed by atoms with Gasteiger partial charge in [-0.15, -0.1) is 0 Å². The minimum atomic E-state index is -4.72. The van der Waals surface area contributed by atoms with E-state index in [0.717, 1.165) is 19.0 Å². The average molecular weight is 448 g/mol. The number of halogens is 3. The average Bonchev–Trinajstić information content (AvgIpc) is 2.76. The van der Waals surface area contributed by atoms with Crippen LogP contribution in [0, 0.1) is 5.92 Å². The molecule has 2 rings (SSSR count). The minimum absolute atomic E-state index is 0.160. The van der Waals surface area contributed by atoms with Crippen LogP contribution in [0.1, 0.15) is 38.3 Å². The van der Waals surface area contributed by atoms with E-state index >= 15 is 0 Å². The summed E-state index contributed by atoms with van der Waals surface area (Å²) in [4.78, 5) is 32.0. The van der Waals surface area contributed by atoms with E-state index in [1.165, 1.54) is 4.90 Å². The number of amides is 2. The van der Waals surface area contributed by atoms with Crippen molar-refractivity contribution in [2.75, 3.05) is 43.2 Å². The third kappa shape index (κ3) is 7.51. The Bertz CT molecular complexity index is 731. The molecule has 0 saturated carbocycles. The zero-order valence-electron chi connectivity index (χ0n) is 17.2. The van der Waals surface area contributed by atoms with Gasteiger partial charge in [-0.05, 0) is 6.42 Å². The molecule has 1 atom stereocenters. The fourth-order valence-electron chi connectivity index (χ4n) is 3.11. The molecule has 0 spiro atoms. The Kier molecular flexibility index (Phi) is 9.24. The van der Waals surface area contributed by atoms with Crippen molar-refractivity contribution in [2.24, 2.45) is 5.92 Å². The van der Waals surface area contributed by atoms with E-state index in [1.54, 1.807) is 0 Å². The second kappa shape index (κ2) is 11.6.